The molecule has 0 bridgehead atoms. The normalized spacial score (nSPS) is 18.1. The number of thiazole rings is 1. The van der Waals surface area contributed by atoms with E-state index in [2.05, 4.69) is 35.5 Å². The van der Waals surface area contributed by atoms with Crippen LogP contribution in [0.1, 0.15) is 36.1 Å². The summed E-state index contributed by atoms with van der Waals surface area (Å²) in [5.41, 5.74) is 3.60. The first-order valence-electron chi connectivity index (χ1n) is 9.69. The van der Waals surface area contributed by atoms with Crippen molar-refractivity contribution in [3.63, 3.8) is 0 Å². The molecule has 2 aromatic heterocycles. The van der Waals surface area contributed by atoms with Crippen molar-refractivity contribution >= 4 is 43.8 Å². The van der Waals surface area contributed by atoms with Gasteiger partial charge in [0.1, 0.15) is 10.0 Å². The molecular weight excluding hydrogens is 374 g/mol. The molecule has 27 heavy (non-hydrogen) atoms. The molecule has 6 heteroatoms. The number of thiophene rings is 1. The van der Waals surface area contributed by atoms with E-state index in [9.17, 15) is 4.79 Å². The summed E-state index contributed by atoms with van der Waals surface area (Å²) in [6.45, 7) is 2.01. The van der Waals surface area contributed by atoms with Crippen molar-refractivity contribution in [1.29, 1.82) is 0 Å². The Labute approximate surface area is 167 Å². The second-order valence-electron chi connectivity index (χ2n) is 7.65. The van der Waals surface area contributed by atoms with E-state index in [4.69, 9.17) is 4.98 Å². The van der Waals surface area contributed by atoms with E-state index in [0.717, 1.165) is 47.9 Å². The average molecular weight is 398 g/mol. The van der Waals surface area contributed by atoms with Gasteiger partial charge in [-0.2, -0.15) is 0 Å². The van der Waals surface area contributed by atoms with E-state index in [-0.39, 0.29) is 11.8 Å². The first-order chi connectivity index (χ1) is 13.2. The number of benzene rings is 1. The van der Waals surface area contributed by atoms with Crippen LogP contribution >= 0.6 is 22.7 Å². The second kappa shape index (κ2) is 7.00. The smallest absolute Gasteiger partial charge is 0.228 e. The van der Waals surface area contributed by atoms with E-state index in [1.165, 1.54) is 33.5 Å². The lowest BCUT2D eigenvalue weighted by Crippen LogP contribution is -2.25. The van der Waals surface area contributed by atoms with Crippen molar-refractivity contribution in [3.05, 3.63) is 34.7 Å². The summed E-state index contributed by atoms with van der Waals surface area (Å²) in [7, 11) is 2.16. The number of carbonyl (C=O) groups excluding carboxylic acids is 1. The van der Waals surface area contributed by atoms with Gasteiger partial charge in [0.25, 0.3) is 0 Å². The van der Waals surface area contributed by atoms with Gasteiger partial charge in [-0.1, -0.05) is 25.0 Å². The number of anilines is 1. The molecule has 2 aliphatic rings. The minimum atomic E-state index is 0.176. The van der Waals surface area contributed by atoms with Crippen molar-refractivity contribution in [2.45, 2.75) is 38.6 Å². The molecule has 0 spiro atoms. The predicted molar refractivity (Wildman–Crippen MR) is 114 cm³/mol. The highest BCUT2D eigenvalue weighted by molar-refractivity contribution is 7.22. The van der Waals surface area contributed by atoms with Crippen molar-refractivity contribution in [2.24, 2.45) is 5.92 Å². The minimum Gasteiger partial charge on any atom is -0.317 e. The molecule has 0 unspecified atom stereocenters. The van der Waals surface area contributed by atoms with Crippen LogP contribution in [0, 0.1) is 5.92 Å². The number of nitrogens with one attached hydrogen (secondary N) is 1. The third-order valence-electron chi connectivity index (χ3n) is 5.72. The fourth-order valence-corrected chi connectivity index (χ4v) is 6.67. The SMILES string of the molecule is CN1CCc2c(sc(NC(=O)C3CCCC3)c2-c2nc3ccccc3s2)C1. The van der Waals surface area contributed by atoms with Crippen LogP contribution in [0.15, 0.2) is 24.3 Å². The number of para-hydroxylation sites is 1. The maximum atomic E-state index is 12.8. The molecule has 0 radical (unpaired) electrons. The van der Waals surface area contributed by atoms with Crippen LogP contribution in [0.4, 0.5) is 5.00 Å². The van der Waals surface area contributed by atoms with E-state index >= 15 is 0 Å². The van der Waals surface area contributed by atoms with Gasteiger partial charge in [0.05, 0.1) is 10.2 Å². The summed E-state index contributed by atoms with van der Waals surface area (Å²) in [5, 5.41) is 5.34. The van der Waals surface area contributed by atoms with Crippen molar-refractivity contribution in [3.8, 4) is 10.6 Å². The zero-order chi connectivity index (χ0) is 18.4. The summed E-state index contributed by atoms with van der Waals surface area (Å²) in [6, 6.07) is 8.29. The quantitative estimate of drug-likeness (QED) is 0.665. The van der Waals surface area contributed by atoms with Crippen molar-refractivity contribution in [2.75, 3.05) is 18.9 Å². The van der Waals surface area contributed by atoms with Gasteiger partial charge in [-0.05, 0) is 44.0 Å². The summed E-state index contributed by atoms with van der Waals surface area (Å²) in [6.07, 6.45) is 5.42. The topological polar surface area (TPSA) is 45.2 Å². The number of likely N-dealkylation sites (N-methyl/N-ethyl adjacent to an activating group) is 1. The summed E-state index contributed by atoms with van der Waals surface area (Å²) in [4.78, 5) is 21.4. The van der Waals surface area contributed by atoms with Gasteiger partial charge in [-0.25, -0.2) is 4.98 Å². The van der Waals surface area contributed by atoms with Crippen LogP contribution in [0.2, 0.25) is 0 Å². The Morgan fingerprint density at radius 1 is 1.22 bits per heavy atom. The van der Waals surface area contributed by atoms with Crippen LogP contribution in [0.25, 0.3) is 20.8 Å². The van der Waals surface area contributed by atoms with E-state index < -0.39 is 0 Å². The molecule has 140 valence electrons. The summed E-state index contributed by atoms with van der Waals surface area (Å²) >= 11 is 3.48. The molecule has 1 amide bonds. The van der Waals surface area contributed by atoms with Crippen LogP contribution in [0.3, 0.4) is 0 Å². The molecule has 0 saturated heterocycles. The van der Waals surface area contributed by atoms with E-state index in [1.54, 1.807) is 22.7 Å². The van der Waals surface area contributed by atoms with E-state index in [0.29, 0.717) is 0 Å². The first kappa shape index (κ1) is 17.3. The third kappa shape index (κ3) is 3.20. The molecule has 0 atom stereocenters. The highest BCUT2D eigenvalue weighted by atomic mass is 32.1. The number of hydrogen-bond donors (Lipinski definition) is 1. The number of fused-ring (bicyclic) bond motifs is 2. The predicted octanol–water partition coefficient (Wildman–Crippen LogP) is 5.14. The molecule has 1 aromatic carbocycles. The van der Waals surface area contributed by atoms with Crippen LogP contribution in [-0.2, 0) is 17.8 Å². The maximum absolute atomic E-state index is 12.8. The molecule has 4 nitrogen and oxygen atoms in total. The fraction of sp³-hybridized carbons (Fsp3) is 0.429. The Bertz CT molecular complexity index is 967. The molecule has 3 aromatic rings. The Hall–Kier alpha value is -1.76. The number of carbonyl (C=O) groups is 1. The van der Waals surface area contributed by atoms with Gasteiger partial charge in [-0.3, -0.25) is 4.79 Å². The Morgan fingerprint density at radius 2 is 2.04 bits per heavy atom. The molecule has 1 saturated carbocycles. The highest BCUT2D eigenvalue weighted by Gasteiger charge is 2.29. The summed E-state index contributed by atoms with van der Waals surface area (Å²) in [5.74, 6) is 0.372. The van der Waals surface area contributed by atoms with Crippen LogP contribution in [0.5, 0.6) is 0 Å². The number of amides is 1. The Morgan fingerprint density at radius 3 is 2.85 bits per heavy atom. The first-order valence-corrected chi connectivity index (χ1v) is 11.3. The molecular formula is C21H23N3OS2. The van der Waals surface area contributed by atoms with Gasteiger partial charge in [-0.15, -0.1) is 22.7 Å². The average Bonchev–Trinajstić information content (AvgIpc) is 3.38. The van der Waals surface area contributed by atoms with Gasteiger partial charge < -0.3 is 10.2 Å². The number of aromatic nitrogens is 1. The largest absolute Gasteiger partial charge is 0.317 e. The zero-order valence-electron chi connectivity index (χ0n) is 15.5. The standard InChI is InChI=1S/C21H23N3OS2/c1-24-11-10-14-17(12-24)27-21(23-19(25)13-6-2-3-7-13)18(14)20-22-15-8-4-5-9-16(15)26-20/h4-5,8-9,13H,2-3,6-7,10-12H2,1H3,(H,23,25). The molecule has 1 fully saturated rings. The molecule has 3 heterocycles. The number of rotatable bonds is 3. The van der Waals surface area contributed by atoms with Gasteiger partial charge in [0.2, 0.25) is 5.91 Å². The van der Waals surface area contributed by atoms with Gasteiger partial charge >= 0.3 is 0 Å². The Kier molecular flexibility index (Phi) is 4.50. The number of hydrogen-bond acceptors (Lipinski definition) is 5. The van der Waals surface area contributed by atoms with Crippen LogP contribution < -0.4 is 5.32 Å². The monoisotopic (exact) mass is 397 g/mol. The molecule has 1 aliphatic carbocycles. The third-order valence-corrected chi connectivity index (χ3v) is 7.90. The van der Waals surface area contributed by atoms with Crippen molar-refractivity contribution in [1.82, 2.24) is 9.88 Å². The minimum absolute atomic E-state index is 0.176. The highest BCUT2D eigenvalue weighted by Crippen LogP contribution is 2.45. The second-order valence-corrected chi connectivity index (χ2v) is 9.79. The lowest BCUT2D eigenvalue weighted by atomic mass is 10.0. The summed E-state index contributed by atoms with van der Waals surface area (Å²) < 4.78 is 1.20. The lowest BCUT2D eigenvalue weighted by Gasteiger charge is -2.22. The molecule has 1 N–H and O–H groups in total. The lowest BCUT2D eigenvalue weighted by molar-refractivity contribution is -0.119. The number of nitrogens with zero attached hydrogens (tertiary/aromatic N) is 2. The molecule has 5 rings (SSSR count). The zero-order valence-corrected chi connectivity index (χ0v) is 17.1. The van der Waals surface area contributed by atoms with Gasteiger partial charge in [0, 0.05) is 29.4 Å². The van der Waals surface area contributed by atoms with Crippen molar-refractivity contribution < 1.29 is 4.79 Å². The maximum Gasteiger partial charge on any atom is 0.228 e. The Balaban J connectivity index is 1.58. The van der Waals surface area contributed by atoms with Crippen LogP contribution in [-0.4, -0.2) is 29.4 Å². The van der Waals surface area contributed by atoms with E-state index in [1.807, 2.05) is 6.07 Å². The van der Waals surface area contributed by atoms with Gasteiger partial charge in [0.15, 0.2) is 0 Å². The fourth-order valence-electron chi connectivity index (χ4n) is 4.23. The molecule has 1 aliphatic heterocycles.